The fraction of sp³-hybridized carbons (Fsp3) is 0.550. The van der Waals surface area contributed by atoms with E-state index in [1.165, 1.54) is 12.1 Å². The average Bonchev–Trinajstić information content (AvgIpc) is 3.53. The third-order valence-corrected chi connectivity index (χ3v) is 5.66. The number of halogens is 6. The molecule has 0 aromatic heterocycles. The predicted octanol–water partition coefficient (Wildman–Crippen LogP) is 3.65. The number of nitrogens with one attached hydrogen (secondary N) is 1. The number of benzene rings is 1. The van der Waals surface area contributed by atoms with Gasteiger partial charge in [0.2, 0.25) is 11.8 Å². The molecule has 1 aliphatic carbocycles. The number of likely N-dealkylation sites (tertiary alicyclic amines) is 1. The zero-order valence-electron chi connectivity index (χ0n) is 16.6. The van der Waals surface area contributed by atoms with E-state index < -0.39 is 41.4 Å². The maximum Gasteiger partial charge on any atom is 0.573 e. The molecule has 1 unspecified atom stereocenters. The minimum absolute atomic E-state index is 0.0348. The quantitative estimate of drug-likeness (QED) is 0.676. The number of carbonyl (C=O) groups is 2. The second kappa shape index (κ2) is 8.52. The van der Waals surface area contributed by atoms with Crippen LogP contribution >= 0.6 is 0 Å². The van der Waals surface area contributed by atoms with Crippen molar-refractivity contribution >= 4 is 11.8 Å². The van der Waals surface area contributed by atoms with Crippen LogP contribution in [0.15, 0.2) is 18.2 Å². The molecule has 2 fully saturated rings. The number of hydrogen-bond donors (Lipinski definition) is 1. The number of piperidine rings is 1. The Labute approximate surface area is 179 Å². The number of hydrogen-bond acceptors (Lipinski definition) is 4. The summed E-state index contributed by atoms with van der Waals surface area (Å²) in [7, 11) is 0. The number of ether oxygens (including phenoxy) is 1. The van der Waals surface area contributed by atoms with Gasteiger partial charge in [-0.3, -0.25) is 9.59 Å². The van der Waals surface area contributed by atoms with Crippen LogP contribution in [0.1, 0.15) is 36.8 Å². The molecule has 12 heteroatoms. The number of nitriles is 1. The minimum atomic E-state index is -5.01. The molecule has 1 aromatic rings. The molecule has 1 N–H and O–H groups in total. The van der Waals surface area contributed by atoms with Crippen LogP contribution in [0.25, 0.3) is 0 Å². The lowest BCUT2D eigenvalue weighted by molar-refractivity contribution is -0.274. The molecule has 1 aliphatic heterocycles. The molecule has 0 bridgehead atoms. The molecule has 2 amide bonds. The summed E-state index contributed by atoms with van der Waals surface area (Å²) in [5.41, 5.74) is -2.47. The van der Waals surface area contributed by atoms with Crippen molar-refractivity contribution in [2.45, 2.75) is 44.8 Å². The van der Waals surface area contributed by atoms with Gasteiger partial charge >= 0.3 is 12.5 Å². The third-order valence-electron chi connectivity index (χ3n) is 5.66. The summed E-state index contributed by atoms with van der Waals surface area (Å²) in [6, 6.07) is 5.05. The van der Waals surface area contributed by atoms with Gasteiger partial charge in [-0.1, -0.05) is 6.07 Å². The SMILES string of the molecule is N#Cc1ccc(CNC(=O)C2CCCN(C(=O)C3(C(F)(F)F)CC3)C2)c(OC(F)(F)F)c1. The maximum absolute atomic E-state index is 13.2. The first-order valence-corrected chi connectivity index (χ1v) is 9.79. The molecule has 1 atom stereocenters. The fourth-order valence-corrected chi connectivity index (χ4v) is 3.74. The maximum atomic E-state index is 13.2. The summed E-state index contributed by atoms with van der Waals surface area (Å²) in [6.07, 6.45) is -9.55. The zero-order chi connectivity index (χ0) is 23.7. The van der Waals surface area contributed by atoms with Gasteiger partial charge in [-0.25, -0.2) is 0 Å². The second-order valence-electron chi connectivity index (χ2n) is 7.87. The molecule has 32 heavy (non-hydrogen) atoms. The third kappa shape index (κ3) is 5.08. The molecule has 1 heterocycles. The zero-order valence-corrected chi connectivity index (χ0v) is 16.6. The number of alkyl halides is 6. The van der Waals surface area contributed by atoms with E-state index >= 15 is 0 Å². The number of carbonyl (C=O) groups excluding carboxylic acids is 2. The molecule has 1 aromatic carbocycles. The summed E-state index contributed by atoms with van der Waals surface area (Å²) in [5.74, 6) is -3.06. The van der Waals surface area contributed by atoms with Crippen LogP contribution in [0.4, 0.5) is 26.3 Å². The Morgan fingerprint density at radius 2 is 1.91 bits per heavy atom. The minimum Gasteiger partial charge on any atom is -0.405 e. The first kappa shape index (κ1) is 23.7. The van der Waals surface area contributed by atoms with Gasteiger partial charge in [0.15, 0.2) is 0 Å². The van der Waals surface area contributed by atoms with Gasteiger partial charge < -0.3 is 15.0 Å². The van der Waals surface area contributed by atoms with Crippen molar-refractivity contribution in [3.05, 3.63) is 29.3 Å². The predicted molar refractivity (Wildman–Crippen MR) is 96.7 cm³/mol. The van der Waals surface area contributed by atoms with E-state index in [1.54, 1.807) is 6.07 Å². The lowest BCUT2D eigenvalue weighted by atomic mass is 9.94. The molecule has 0 radical (unpaired) electrons. The Morgan fingerprint density at radius 1 is 1.22 bits per heavy atom. The molecule has 2 aliphatic rings. The van der Waals surface area contributed by atoms with Crippen molar-refractivity contribution < 1.29 is 40.7 Å². The number of amides is 2. The second-order valence-corrected chi connectivity index (χ2v) is 7.87. The van der Waals surface area contributed by atoms with Crippen molar-refractivity contribution in [2.75, 3.05) is 13.1 Å². The van der Waals surface area contributed by atoms with Crippen LogP contribution in [0.3, 0.4) is 0 Å². The van der Waals surface area contributed by atoms with E-state index in [4.69, 9.17) is 5.26 Å². The largest absolute Gasteiger partial charge is 0.573 e. The van der Waals surface area contributed by atoms with Gasteiger partial charge in [-0.15, -0.1) is 13.2 Å². The highest BCUT2D eigenvalue weighted by Gasteiger charge is 2.69. The van der Waals surface area contributed by atoms with Crippen LogP contribution in [0.5, 0.6) is 5.75 Å². The van der Waals surface area contributed by atoms with Crippen LogP contribution in [-0.2, 0) is 16.1 Å². The van der Waals surface area contributed by atoms with Crippen LogP contribution in [0, 0.1) is 22.7 Å². The summed E-state index contributed by atoms with van der Waals surface area (Å²) in [5, 5.41) is 11.3. The van der Waals surface area contributed by atoms with E-state index in [0.717, 1.165) is 11.0 Å². The standard InChI is InChI=1S/C20H19F6N3O3/c21-19(22,23)18(5-6-18)17(31)29-7-1-2-14(11-29)16(30)28-10-13-4-3-12(9-27)8-15(13)32-20(24,25)26/h3-4,8,14H,1-2,5-7,10-11H2,(H,28,30). The summed E-state index contributed by atoms with van der Waals surface area (Å²) in [4.78, 5) is 26.0. The van der Waals surface area contributed by atoms with Crippen molar-refractivity contribution in [3.8, 4) is 11.8 Å². The summed E-state index contributed by atoms with van der Waals surface area (Å²) < 4.78 is 81.5. The van der Waals surface area contributed by atoms with Crippen LogP contribution in [-0.4, -0.2) is 42.3 Å². The molecular weight excluding hydrogens is 444 g/mol. The molecule has 0 spiro atoms. The highest BCUT2D eigenvalue weighted by atomic mass is 19.4. The van der Waals surface area contributed by atoms with Crippen molar-refractivity contribution in [1.82, 2.24) is 10.2 Å². The average molecular weight is 463 g/mol. The van der Waals surface area contributed by atoms with E-state index in [-0.39, 0.29) is 43.6 Å². The summed E-state index contributed by atoms with van der Waals surface area (Å²) >= 11 is 0. The number of nitrogens with zero attached hydrogens (tertiary/aromatic N) is 2. The van der Waals surface area contributed by atoms with Gasteiger partial charge in [-0.2, -0.15) is 18.4 Å². The first-order valence-electron chi connectivity index (χ1n) is 9.79. The van der Waals surface area contributed by atoms with Gasteiger partial charge in [0.05, 0.1) is 17.6 Å². The van der Waals surface area contributed by atoms with Crippen LogP contribution < -0.4 is 10.1 Å². The van der Waals surface area contributed by atoms with E-state index in [2.05, 4.69) is 10.1 Å². The van der Waals surface area contributed by atoms with E-state index in [1.807, 2.05) is 0 Å². The van der Waals surface area contributed by atoms with E-state index in [0.29, 0.717) is 12.8 Å². The normalized spacial score (nSPS) is 20.3. The lowest BCUT2D eigenvalue weighted by Crippen LogP contribution is -2.50. The summed E-state index contributed by atoms with van der Waals surface area (Å²) in [6.45, 7) is -0.436. The van der Waals surface area contributed by atoms with Crippen LogP contribution in [0.2, 0.25) is 0 Å². The molecular formula is C20H19F6N3O3. The Bertz CT molecular complexity index is 934. The Morgan fingerprint density at radius 3 is 2.47 bits per heavy atom. The van der Waals surface area contributed by atoms with Gasteiger partial charge in [0, 0.05) is 25.2 Å². The molecule has 6 nitrogen and oxygen atoms in total. The Kier molecular flexibility index (Phi) is 6.31. The molecule has 174 valence electrons. The Hall–Kier alpha value is -2.97. The first-order chi connectivity index (χ1) is 14.9. The number of rotatable bonds is 5. The highest BCUT2D eigenvalue weighted by Crippen LogP contribution is 2.58. The highest BCUT2D eigenvalue weighted by molar-refractivity contribution is 5.87. The smallest absolute Gasteiger partial charge is 0.405 e. The molecule has 1 saturated carbocycles. The van der Waals surface area contributed by atoms with Crippen molar-refractivity contribution in [3.63, 3.8) is 0 Å². The lowest BCUT2D eigenvalue weighted by Gasteiger charge is -2.35. The van der Waals surface area contributed by atoms with Gasteiger partial charge in [-0.05, 0) is 37.8 Å². The topological polar surface area (TPSA) is 82.4 Å². The molecule has 3 rings (SSSR count). The van der Waals surface area contributed by atoms with E-state index in [9.17, 15) is 35.9 Å². The Balaban J connectivity index is 1.64. The molecule has 1 saturated heterocycles. The van der Waals surface area contributed by atoms with Gasteiger partial charge in [0.1, 0.15) is 11.2 Å². The van der Waals surface area contributed by atoms with Gasteiger partial charge in [0.25, 0.3) is 0 Å². The van der Waals surface area contributed by atoms with Crippen molar-refractivity contribution in [1.29, 1.82) is 5.26 Å². The van der Waals surface area contributed by atoms with Crippen molar-refractivity contribution in [2.24, 2.45) is 11.3 Å². The fourth-order valence-electron chi connectivity index (χ4n) is 3.74. The monoisotopic (exact) mass is 463 g/mol.